The highest BCUT2D eigenvalue weighted by atomic mass is 16.2. The van der Waals surface area contributed by atoms with Gasteiger partial charge >= 0.3 is 0 Å². The number of likely N-dealkylation sites (tertiary alicyclic amines) is 2. The molecule has 2 fully saturated rings. The van der Waals surface area contributed by atoms with Gasteiger partial charge in [-0.05, 0) is 45.7 Å². The number of carbonyl (C=O) groups is 2. The van der Waals surface area contributed by atoms with Gasteiger partial charge in [0, 0.05) is 43.8 Å². The first kappa shape index (κ1) is 17.7. The molecule has 6 heteroatoms. The quantitative estimate of drug-likeness (QED) is 0.912. The monoisotopic (exact) mass is 344 g/mol. The van der Waals surface area contributed by atoms with Gasteiger partial charge in [-0.25, -0.2) is 4.98 Å². The molecule has 1 aromatic rings. The number of rotatable bonds is 3. The maximum absolute atomic E-state index is 12.8. The maximum atomic E-state index is 12.8. The van der Waals surface area contributed by atoms with Gasteiger partial charge in [0.1, 0.15) is 5.82 Å². The largest absolute Gasteiger partial charge is 0.367 e. The Hall–Kier alpha value is -2.11. The molecule has 2 aliphatic rings. The van der Waals surface area contributed by atoms with Gasteiger partial charge in [-0.1, -0.05) is 6.07 Å². The van der Waals surface area contributed by atoms with E-state index in [0.717, 1.165) is 31.7 Å². The van der Waals surface area contributed by atoms with E-state index in [-0.39, 0.29) is 23.3 Å². The number of nitrogens with one attached hydrogen (secondary N) is 1. The summed E-state index contributed by atoms with van der Waals surface area (Å²) in [6.45, 7) is 8.09. The third kappa shape index (κ3) is 4.11. The Kier molecular flexibility index (Phi) is 4.97. The molecule has 2 amide bonds. The van der Waals surface area contributed by atoms with Crippen LogP contribution < -0.4 is 5.32 Å². The highest BCUT2D eigenvalue weighted by molar-refractivity contribution is 5.89. The summed E-state index contributed by atoms with van der Waals surface area (Å²) >= 11 is 0. The van der Waals surface area contributed by atoms with E-state index < -0.39 is 0 Å². The lowest BCUT2D eigenvalue weighted by Crippen LogP contribution is -2.46. The highest BCUT2D eigenvalue weighted by Gasteiger charge is 2.41. The molecule has 1 unspecified atom stereocenters. The van der Waals surface area contributed by atoms with Crippen LogP contribution in [0.3, 0.4) is 0 Å². The Balaban J connectivity index is 1.51. The number of hydrogen-bond donors (Lipinski definition) is 1. The van der Waals surface area contributed by atoms with Gasteiger partial charge in [0.05, 0.1) is 5.92 Å². The summed E-state index contributed by atoms with van der Waals surface area (Å²) in [6.07, 6.45) is 3.94. The standard InChI is InChI=1S/C19H28N4O2/c1-19(2,3)23-13-14(12-17(23)24)18(25)22-10-7-15(8-11-22)21-16-6-4-5-9-20-16/h4-6,9,14-15H,7-8,10-13H2,1-3H3,(H,20,21). The summed E-state index contributed by atoms with van der Waals surface area (Å²) in [5.41, 5.74) is -0.217. The zero-order valence-electron chi connectivity index (χ0n) is 15.4. The maximum Gasteiger partial charge on any atom is 0.227 e. The lowest BCUT2D eigenvalue weighted by atomic mass is 10.0. The fourth-order valence-corrected chi connectivity index (χ4v) is 3.68. The van der Waals surface area contributed by atoms with Crippen LogP contribution >= 0.6 is 0 Å². The summed E-state index contributed by atoms with van der Waals surface area (Å²) < 4.78 is 0. The van der Waals surface area contributed by atoms with Crippen molar-refractivity contribution in [2.45, 2.75) is 51.6 Å². The number of carbonyl (C=O) groups excluding carboxylic acids is 2. The first-order chi connectivity index (χ1) is 11.8. The van der Waals surface area contributed by atoms with Crippen molar-refractivity contribution in [2.24, 2.45) is 5.92 Å². The summed E-state index contributed by atoms with van der Waals surface area (Å²) in [6, 6.07) is 6.17. The van der Waals surface area contributed by atoms with Gasteiger partial charge in [-0.3, -0.25) is 9.59 Å². The van der Waals surface area contributed by atoms with E-state index in [2.05, 4.69) is 10.3 Å². The van der Waals surface area contributed by atoms with Crippen LogP contribution in [-0.4, -0.2) is 57.8 Å². The Morgan fingerprint density at radius 3 is 2.52 bits per heavy atom. The van der Waals surface area contributed by atoms with E-state index in [1.807, 2.05) is 48.8 Å². The predicted octanol–water partition coefficient (Wildman–Crippen LogP) is 2.13. The van der Waals surface area contributed by atoms with Gasteiger partial charge in [0.25, 0.3) is 0 Å². The van der Waals surface area contributed by atoms with Crippen LogP contribution in [0, 0.1) is 5.92 Å². The Labute approximate surface area is 149 Å². The molecule has 0 bridgehead atoms. The molecule has 136 valence electrons. The molecule has 0 radical (unpaired) electrons. The van der Waals surface area contributed by atoms with E-state index >= 15 is 0 Å². The molecule has 1 N–H and O–H groups in total. The molecule has 0 aliphatic carbocycles. The molecule has 1 aromatic heterocycles. The molecule has 3 rings (SSSR count). The van der Waals surface area contributed by atoms with Crippen LogP contribution in [-0.2, 0) is 9.59 Å². The van der Waals surface area contributed by atoms with E-state index in [9.17, 15) is 9.59 Å². The van der Waals surface area contributed by atoms with E-state index in [4.69, 9.17) is 0 Å². The minimum atomic E-state index is -0.217. The molecule has 0 saturated carbocycles. The second-order valence-corrected chi connectivity index (χ2v) is 8.04. The first-order valence-corrected chi connectivity index (χ1v) is 9.11. The van der Waals surface area contributed by atoms with Crippen molar-refractivity contribution in [3.63, 3.8) is 0 Å². The third-order valence-electron chi connectivity index (χ3n) is 5.11. The molecule has 1 atom stereocenters. The molecule has 6 nitrogen and oxygen atoms in total. The van der Waals surface area contributed by atoms with Gasteiger partial charge in [-0.15, -0.1) is 0 Å². The smallest absolute Gasteiger partial charge is 0.227 e. The van der Waals surface area contributed by atoms with Crippen molar-refractivity contribution in [3.8, 4) is 0 Å². The Morgan fingerprint density at radius 1 is 1.24 bits per heavy atom. The fourth-order valence-electron chi connectivity index (χ4n) is 3.68. The summed E-state index contributed by atoms with van der Waals surface area (Å²) in [5.74, 6) is 0.926. The van der Waals surface area contributed by atoms with E-state index in [0.29, 0.717) is 19.0 Å². The van der Waals surface area contributed by atoms with Gasteiger partial charge in [-0.2, -0.15) is 0 Å². The van der Waals surface area contributed by atoms with E-state index in [1.165, 1.54) is 0 Å². The molecule has 0 spiro atoms. The van der Waals surface area contributed by atoms with Crippen molar-refractivity contribution in [1.82, 2.24) is 14.8 Å². The minimum Gasteiger partial charge on any atom is -0.367 e. The van der Waals surface area contributed by atoms with Crippen LogP contribution in [0.5, 0.6) is 0 Å². The summed E-state index contributed by atoms with van der Waals surface area (Å²) in [7, 11) is 0. The number of aromatic nitrogens is 1. The van der Waals surface area contributed by atoms with Crippen molar-refractivity contribution in [3.05, 3.63) is 24.4 Å². The van der Waals surface area contributed by atoms with E-state index in [1.54, 1.807) is 6.20 Å². The number of anilines is 1. The molecular formula is C19H28N4O2. The van der Waals surface area contributed by atoms with Crippen molar-refractivity contribution in [1.29, 1.82) is 0 Å². The van der Waals surface area contributed by atoms with Crippen LogP contribution in [0.4, 0.5) is 5.82 Å². The number of piperidine rings is 1. The second-order valence-electron chi connectivity index (χ2n) is 8.04. The van der Waals surface area contributed by atoms with Gasteiger partial charge in [0.2, 0.25) is 11.8 Å². The highest BCUT2D eigenvalue weighted by Crippen LogP contribution is 2.28. The summed E-state index contributed by atoms with van der Waals surface area (Å²) in [4.78, 5) is 33.1. The van der Waals surface area contributed by atoms with Gasteiger partial charge < -0.3 is 15.1 Å². The Bertz CT molecular complexity index is 618. The van der Waals surface area contributed by atoms with Crippen LogP contribution in [0.1, 0.15) is 40.0 Å². The molecule has 25 heavy (non-hydrogen) atoms. The van der Waals surface area contributed by atoms with Crippen molar-refractivity contribution in [2.75, 3.05) is 25.0 Å². The number of amides is 2. The van der Waals surface area contributed by atoms with Crippen LogP contribution in [0.15, 0.2) is 24.4 Å². The topological polar surface area (TPSA) is 65.5 Å². The average molecular weight is 344 g/mol. The second kappa shape index (κ2) is 7.02. The van der Waals surface area contributed by atoms with Crippen molar-refractivity contribution < 1.29 is 9.59 Å². The van der Waals surface area contributed by atoms with Crippen LogP contribution in [0.2, 0.25) is 0 Å². The third-order valence-corrected chi connectivity index (χ3v) is 5.11. The molecule has 2 aliphatic heterocycles. The van der Waals surface area contributed by atoms with Crippen LogP contribution in [0.25, 0.3) is 0 Å². The number of pyridine rings is 1. The lowest BCUT2D eigenvalue weighted by molar-refractivity contribution is -0.136. The molecular weight excluding hydrogens is 316 g/mol. The molecule has 0 aromatic carbocycles. The average Bonchev–Trinajstić information content (AvgIpc) is 2.98. The lowest BCUT2D eigenvalue weighted by Gasteiger charge is -2.35. The molecule has 2 saturated heterocycles. The SMILES string of the molecule is CC(C)(C)N1CC(C(=O)N2CCC(Nc3ccccn3)CC2)CC1=O. The number of hydrogen-bond acceptors (Lipinski definition) is 4. The van der Waals surface area contributed by atoms with Gasteiger partial charge in [0.15, 0.2) is 0 Å². The normalized spacial score (nSPS) is 22.4. The van der Waals surface area contributed by atoms with Crippen molar-refractivity contribution >= 4 is 17.6 Å². The first-order valence-electron chi connectivity index (χ1n) is 9.11. The number of nitrogens with zero attached hydrogens (tertiary/aromatic N) is 3. The zero-order chi connectivity index (χ0) is 18.0. The zero-order valence-corrected chi connectivity index (χ0v) is 15.4. The minimum absolute atomic E-state index is 0.0950. The molecule has 3 heterocycles. The summed E-state index contributed by atoms with van der Waals surface area (Å²) in [5, 5.41) is 3.43. The predicted molar refractivity (Wildman–Crippen MR) is 97.0 cm³/mol. The Morgan fingerprint density at radius 2 is 1.96 bits per heavy atom. The fraction of sp³-hybridized carbons (Fsp3) is 0.632.